The highest BCUT2D eigenvalue weighted by atomic mass is 35.5. The summed E-state index contributed by atoms with van der Waals surface area (Å²) in [5.74, 6) is 0.0354. The summed E-state index contributed by atoms with van der Waals surface area (Å²) < 4.78 is 10.7. The molecule has 0 aliphatic carbocycles. The summed E-state index contributed by atoms with van der Waals surface area (Å²) in [6, 6.07) is 28.2. The van der Waals surface area contributed by atoms with Crippen LogP contribution in [0.2, 0.25) is 5.02 Å². The van der Waals surface area contributed by atoms with Gasteiger partial charge in [0.25, 0.3) is 11.8 Å². The van der Waals surface area contributed by atoms with Crippen LogP contribution < -0.4 is 25.4 Å². The van der Waals surface area contributed by atoms with Crippen molar-refractivity contribution < 1.29 is 23.9 Å². The molecule has 0 spiro atoms. The van der Waals surface area contributed by atoms with E-state index in [2.05, 4.69) is 20.9 Å². The molecule has 0 aliphatic rings. The summed E-state index contributed by atoms with van der Waals surface area (Å²) in [6.45, 7) is 0. The van der Waals surface area contributed by atoms with Gasteiger partial charge in [0.15, 0.2) is 16.6 Å². The Morgan fingerprint density at radius 1 is 0.872 bits per heavy atom. The van der Waals surface area contributed by atoms with Crippen molar-refractivity contribution in [3.05, 3.63) is 124 Å². The van der Waals surface area contributed by atoms with E-state index in [1.165, 1.54) is 37.3 Å². The normalized spacial score (nSPS) is 11.0. The first-order valence-corrected chi connectivity index (χ1v) is 16.4. The van der Waals surface area contributed by atoms with E-state index in [0.29, 0.717) is 38.5 Å². The van der Waals surface area contributed by atoms with Gasteiger partial charge in [-0.3, -0.25) is 14.4 Å². The van der Waals surface area contributed by atoms with E-state index in [-0.39, 0.29) is 17.4 Å². The Hall–Kier alpha value is -5.10. The second-order valence-electron chi connectivity index (χ2n) is 9.85. The summed E-state index contributed by atoms with van der Waals surface area (Å²) in [7, 11) is 3.05. The molecule has 3 N–H and O–H groups in total. The highest BCUT2D eigenvalue weighted by Crippen LogP contribution is 2.29. The molecule has 0 saturated carbocycles. The molecule has 47 heavy (non-hydrogen) atoms. The molecule has 0 unspecified atom stereocenters. The van der Waals surface area contributed by atoms with Crippen LogP contribution in [0.1, 0.15) is 15.9 Å². The molecule has 0 bridgehead atoms. The summed E-state index contributed by atoms with van der Waals surface area (Å²) in [5, 5.41) is 11.4. The molecule has 3 amide bonds. The Balaban J connectivity index is 1.21. The van der Waals surface area contributed by atoms with Gasteiger partial charge in [-0.1, -0.05) is 48.0 Å². The second kappa shape index (κ2) is 15.9. The number of methoxy groups -OCH3 is 2. The number of rotatable bonds is 12. The van der Waals surface area contributed by atoms with Crippen LogP contribution in [0.3, 0.4) is 0 Å². The third-order valence-corrected chi connectivity index (χ3v) is 8.64. The number of amides is 3. The maximum atomic E-state index is 13.4. The first-order valence-electron chi connectivity index (χ1n) is 14.2. The second-order valence-corrected chi connectivity index (χ2v) is 12.2. The number of thioether (sulfide) groups is 1. The maximum absolute atomic E-state index is 13.4. The molecule has 0 aliphatic heterocycles. The lowest BCUT2D eigenvalue weighted by molar-refractivity contribution is -0.114. The molecule has 5 rings (SSSR count). The number of carbonyl (C=O) groups is 3. The molecule has 238 valence electrons. The number of nitrogens with zero attached hydrogens (tertiary/aromatic N) is 1. The number of thiazole rings is 1. The third kappa shape index (κ3) is 9.23. The lowest BCUT2D eigenvalue weighted by Crippen LogP contribution is -2.30. The summed E-state index contributed by atoms with van der Waals surface area (Å²) >= 11 is 8.66. The van der Waals surface area contributed by atoms with Crippen LogP contribution in [0.15, 0.2) is 113 Å². The number of hydrogen-bond acceptors (Lipinski definition) is 8. The fourth-order valence-electron chi connectivity index (χ4n) is 4.27. The van der Waals surface area contributed by atoms with E-state index in [4.69, 9.17) is 21.1 Å². The Morgan fingerprint density at radius 3 is 2.30 bits per heavy atom. The van der Waals surface area contributed by atoms with E-state index in [9.17, 15) is 14.4 Å². The SMILES string of the molecule is COc1ccc(/C=C(\NC(=O)c2ccccc2)C(=O)Nc2ccc(SCC(=O)Nc3nc(-c4ccc(Cl)cc4)cs3)cc2)cc1OC. The molecule has 5 aromatic rings. The van der Waals surface area contributed by atoms with Crippen LogP contribution in [-0.4, -0.2) is 42.7 Å². The van der Waals surface area contributed by atoms with E-state index in [0.717, 1.165) is 16.2 Å². The Kier molecular flexibility index (Phi) is 11.3. The molecule has 0 fully saturated rings. The molecule has 1 aromatic heterocycles. The summed E-state index contributed by atoms with van der Waals surface area (Å²) in [4.78, 5) is 44.3. The predicted molar refractivity (Wildman–Crippen MR) is 188 cm³/mol. The highest BCUT2D eigenvalue weighted by Gasteiger charge is 2.16. The van der Waals surface area contributed by atoms with E-state index in [1.807, 2.05) is 17.5 Å². The minimum atomic E-state index is -0.523. The molecule has 0 saturated heterocycles. The first-order chi connectivity index (χ1) is 22.8. The van der Waals surface area contributed by atoms with Gasteiger partial charge in [-0.15, -0.1) is 23.1 Å². The molecule has 0 atom stereocenters. The van der Waals surface area contributed by atoms with Crippen molar-refractivity contribution in [2.24, 2.45) is 0 Å². The van der Waals surface area contributed by atoms with Crippen LogP contribution in [0, 0.1) is 0 Å². The topological polar surface area (TPSA) is 119 Å². The number of ether oxygens (including phenoxy) is 2. The van der Waals surface area contributed by atoms with Crippen LogP contribution in [0.25, 0.3) is 17.3 Å². The molecule has 12 heteroatoms. The number of nitrogens with one attached hydrogen (secondary N) is 3. The quantitative estimate of drug-likeness (QED) is 0.0914. The van der Waals surface area contributed by atoms with Crippen LogP contribution >= 0.6 is 34.7 Å². The standard InChI is InChI=1S/C35H29ClN4O5S2/c1-44-30-17-8-22(19-31(30)45-2)18-28(38-33(42)24-6-4-3-5-7-24)34(43)37-26-13-15-27(16-14-26)46-21-32(41)40-35-39-29(20-47-35)23-9-11-25(36)12-10-23/h3-20H,21H2,1-2H3,(H,37,43)(H,38,42)(H,39,40,41)/b28-18-. The summed E-state index contributed by atoms with van der Waals surface area (Å²) in [6.07, 6.45) is 1.56. The fourth-order valence-corrected chi connectivity index (χ4v) is 5.83. The predicted octanol–water partition coefficient (Wildman–Crippen LogP) is 7.62. The Labute approximate surface area is 285 Å². The van der Waals surface area contributed by atoms with Crippen molar-refractivity contribution in [3.63, 3.8) is 0 Å². The zero-order chi connectivity index (χ0) is 33.2. The lowest BCUT2D eigenvalue weighted by atomic mass is 10.1. The Morgan fingerprint density at radius 2 is 1.60 bits per heavy atom. The van der Waals surface area contributed by atoms with Gasteiger partial charge in [0.1, 0.15) is 5.70 Å². The van der Waals surface area contributed by atoms with Gasteiger partial charge >= 0.3 is 0 Å². The molecule has 9 nitrogen and oxygen atoms in total. The van der Waals surface area contributed by atoms with Crippen molar-refractivity contribution >= 4 is 69.3 Å². The van der Waals surface area contributed by atoms with E-state index in [1.54, 1.807) is 91.0 Å². The van der Waals surface area contributed by atoms with Gasteiger partial charge in [0, 0.05) is 32.1 Å². The number of anilines is 2. The van der Waals surface area contributed by atoms with E-state index < -0.39 is 11.8 Å². The number of carbonyl (C=O) groups excluding carboxylic acids is 3. The van der Waals surface area contributed by atoms with Crippen LogP contribution in [0.4, 0.5) is 10.8 Å². The number of halogens is 1. The molecule has 4 aromatic carbocycles. The molecular weight excluding hydrogens is 656 g/mol. The minimum Gasteiger partial charge on any atom is -0.493 e. The summed E-state index contributed by atoms with van der Waals surface area (Å²) in [5.41, 5.74) is 3.23. The van der Waals surface area contributed by atoms with Crippen molar-refractivity contribution in [2.45, 2.75) is 4.90 Å². The van der Waals surface area contributed by atoms with Crippen molar-refractivity contribution in [1.82, 2.24) is 10.3 Å². The van der Waals surface area contributed by atoms with Gasteiger partial charge in [-0.2, -0.15) is 0 Å². The van der Waals surface area contributed by atoms with Crippen LogP contribution in [0.5, 0.6) is 11.5 Å². The molecule has 1 heterocycles. The van der Waals surface area contributed by atoms with Crippen molar-refractivity contribution in [1.29, 1.82) is 0 Å². The van der Waals surface area contributed by atoms with Crippen LogP contribution in [-0.2, 0) is 9.59 Å². The largest absolute Gasteiger partial charge is 0.493 e. The maximum Gasteiger partial charge on any atom is 0.272 e. The van der Waals surface area contributed by atoms with Gasteiger partial charge < -0.3 is 25.4 Å². The number of hydrogen-bond donors (Lipinski definition) is 3. The molecular formula is C35H29ClN4O5S2. The monoisotopic (exact) mass is 684 g/mol. The lowest BCUT2D eigenvalue weighted by Gasteiger charge is -2.13. The smallest absolute Gasteiger partial charge is 0.272 e. The Bertz CT molecular complexity index is 1900. The van der Waals surface area contributed by atoms with Gasteiger partial charge in [0.05, 0.1) is 25.7 Å². The van der Waals surface area contributed by atoms with Gasteiger partial charge in [0.2, 0.25) is 5.91 Å². The van der Waals surface area contributed by atoms with Crippen molar-refractivity contribution in [3.8, 4) is 22.8 Å². The average molecular weight is 685 g/mol. The number of benzene rings is 4. The fraction of sp³-hybridized carbons (Fsp3) is 0.0857. The first kappa shape index (κ1) is 33.3. The number of aromatic nitrogens is 1. The third-order valence-electron chi connectivity index (χ3n) is 6.62. The average Bonchev–Trinajstić information content (AvgIpc) is 3.56. The van der Waals surface area contributed by atoms with E-state index >= 15 is 0 Å². The minimum absolute atomic E-state index is 0.0302. The zero-order valence-electron chi connectivity index (χ0n) is 25.3. The van der Waals surface area contributed by atoms with Gasteiger partial charge in [-0.25, -0.2) is 4.98 Å². The molecule has 0 radical (unpaired) electrons. The van der Waals surface area contributed by atoms with Gasteiger partial charge in [-0.05, 0) is 72.3 Å². The highest BCUT2D eigenvalue weighted by molar-refractivity contribution is 8.00. The van der Waals surface area contributed by atoms with Crippen molar-refractivity contribution in [2.75, 3.05) is 30.6 Å². The zero-order valence-corrected chi connectivity index (χ0v) is 27.7.